The van der Waals surface area contributed by atoms with Crippen molar-refractivity contribution in [3.05, 3.63) is 70.3 Å². The number of amides is 1. The molecule has 0 aromatic heterocycles. The Kier molecular flexibility index (Phi) is 7.34. The van der Waals surface area contributed by atoms with Gasteiger partial charge in [-0.2, -0.15) is 0 Å². The number of hydrogen-bond acceptors (Lipinski definition) is 6. The number of carbonyl (C=O) groups excluding carboxylic acids is 2. The highest BCUT2D eigenvalue weighted by Gasteiger charge is 2.46. The summed E-state index contributed by atoms with van der Waals surface area (Å²) in [6.07, 6.45) is 0.891. The summed E-state index contributed by atoms with van der Waals surface area (Å²) in [4.78, 5) is 30.3. The van der Waals surface area contributed by atoms with Gasteiger partial charge >= 0.3 is 0 Å². The first-order chi connectivity index (χ1) is 16.4. The summed E-state index contributed by atoms with van der Waals surface area (Å²) < 4.78 is 10.7. The van der Waals surface area contributed by atoms with Crippen LogP contribution in [-0.4, -0.2) is 73.1 Å². The Balaban J connectivity index is 1.75. The molecule has 0 radical (unpaired) electrons. The van der Waals surface area contributed by atoms with Gasteiger partial charge in [-0.25, -0.2) is 0 Å². The Labute approximate surface area is 200 Å². The van der Waals surface area contributed by atoms with Crippen molar-refractivity contribution < 1.29 is 24.2 Å². The van der Waals surface area contributed by atoms with Gasteiger partial charge < -0.3 is 19.5 Å². The summed E-state index contributed by atoms with van der Waals surface area (Å²) >= 11 is 0. The van der Waals surface area contributed by atoms with Crippen molar-refractivity contribution in [2.45, 2.75) is 26.3 Å². The molecule has 0 bridgehead atoms. The number of nitrogens with zero attached hydrogens (tertiary/aromatic N) is 2. The van der Waals surface area contributed by atoms with E-state index in [0.29, 0.717) is 37.6 Å². The normalized spacial score (nSPS) is 20.7. The zero-order valence-electron chi connectivity index (χ0n) is 20.0. The third-order valence-electron chi connectivity index (χ3n) is 6.69. The molecular weight excluding hydrogens is 432 g/mol. The minimum absolute atomic E-state index is 0.129. The number of Topliss-reactive ketones (excluding diaryl/α,β-unsaturated/α-hetero) is 1. The highest BCUT2D eigenvalue weighted by Crippen LogP contribution is 2.40. The molecule has 2 saturated heterocycles. The standard InChI is InChI=1S/C27H32N2O5/c1-4-19-5-7-20(8-6-19)24-23(25(30)22-10-9-21(33-3)17-18(22)2)26(31)27(32)29(24)12-11-28-13-15-34-16-14-28/h5-10,17,24,30H,4,11-16H2,1-3H3/b25-23+/t24-/m1/s1. The molecular formula is C27H32N2O5. The predicted molar refractivity (Wildman–Crippen MR) is 130 cm³/mol. The summed E-state index contributed by atoms with van der Waals surface area (Å²) in [5.41, 5.74) is 3.38. The Morgan fingerprint density at radius 2 is 1.79 bits per heavy atom. The number of benzene rings is 2. The smallest absolute Gasteiger partial charge is 0.295 e. The van der Waals surface area contributed by atoms with Crippen LogP contribution in [0.5, 0.6) is 5.75 Å². The van der Waals surface area contributed by atoms with E-state index < -0.39 is 17.7 Å². The second kappa shape index (κ2) is 10.4. The molecule has 34 heavy (non-hydrogen) atoms. The number of aryl methyl sites for hydroxylation is 2. The average molecular weight is 465 g/mol. The van der Waals surface area contributed by atoms with Crippen LogP contribution in [0.4, 0.5) is 0 Å². The number of morpholine rings is 1. The Morgan fingerprint density at radius 1 is 1.09 bits per heavy atom. The van der Waals surface area contributed by atoms with Crippen molar-refractivity contribution in [1.82, 2.24) is 9.80 Å². The summed E-state index contributed by atoms with van der Waals surface area (Å²) in [6, 6.07) is 12.5. The molecule has 0 spiro atoms. The van der Waals surface area contributed by atoms with E-state index in [-0.39, 0.29) is 11.3 Å². The SMILES string of the molecule is CCc1ccc([C@@H]2/C(=C(\O)c3ccc(OC)cc3C)C(=O)C(=O)N2CCN2CCOCC2)cc1. The van der Waals surface area contributed by atoms with Gasteiger partial charge in [0.2, 0.25) is 0 Å². The number of ketones is 1. The van der Waals surface area contributed by atoms with Crippen LogP contribution < -0.4 is 4.74 Å². The van der Waals surface area contributed by atoms with E-state index in [9.17, 15) is 14.7 Å². The lowest BCUT2D eigenvalue weighted by molar-refractivity contribution is -0.140. The van der Waals surface area contributed by atoms with Gasteiger partial charge in [0.1, 0.15) is 11.5 Å². The average Bonchev–Trinajstić information content (AvgIpc) is 3.12. The van der Waals surface area contributed by atoms with E-state index >= 15 is 0 Å². The quantitative estimate of drug-likeness (QED) is 0.385. The van der Waals surface area contributed by atoms with E-state index in [0.717, 1.165) is 30.6 Å². The van der Waals surface area contributed by atoms with Crippen molar-refractivity contribution in [1.29, 1.82) is 0 Å². The maximum atomic E-state index is 13.3. The third kappa shape index (κ3) is 4.72. The van der Waals surface area contributed by atoms with Gasteiger partial charge in [-0.05, 0) is 48.2 Å². The van der Waals surface area contributed by atoms with Crippen LogP contribution in [0.25, 0.3) is 5.76 Å². The molecule has 1 amide bonds. The molecule has 7 heteroatoms. The van der Waals surface area contributed by atoms with E-state index in [2.05, 4.69) is 11.8 Å². The number of aliphatic hydroxyl groups excluding tert-OH is 1. The minimum Gasteiger partial charge on any atom is -0.507 e. The van der Waals surface area contributed by atoms with Gasteiger partial charge in [0.25, 0.3) is 11.7 Å². The summed E-state index contributed by atoms with van der Waals surface area (Å²) in [5, 5.41) is 11.3. The van der Waals surface area contributed by atoms with E-state index in [4.69, 9.17) is 9.47 Å². The lowest BCUT2D eigenvalue weighted by Crippen LogP contribution is -2.42. The molecule has 0 aliphatic carbocycles. The Morgan fingerprint density at radius 3 is 2.41 bits per heavy atom. The van der Waals surface area contributed by atoms with Crippen LogP contribution in [0.3, 0.4) is 0 Å². The largest absolute Gasteiger partial charge is 0.507 e. The number of carbonyl (C=O) groups is 2. The first-order valence-corrected chi connectivity index (χ1v) is 11.8. The first kappa shape index (κ1) is 24.0. The molecule has 2 fully saturated rings. The summed E-state index contributed by atoms with van der Waals surface area (Å²) in [6.45, 7) is 7.88. The number of hydrogen-bond donors (Lipinski definition) is 1. The monoisotopic (exact) mass is 464 g/mol. The van der Waals surface area contributed by atoms with Crippen LogP contribution in [0.2, 0.25) is 0 Å². The second-order valence-electron chi connectivity index (χ2n) is 8.72. The third-order valence-corrected chi connectivity index (χ3v) is 6.69. The highest BCUT2D eigenvalue weighted by molar-refractivity contribution is 6.46. The van der Waals surface area contributed by atoms with Crippen LogP contribution in [0.1, 0.15) is 35.2 Å². The highest BCUT2D eigenvalue weighted by atomic mass is 16.5. The fourth-order valence-corrected chi connectivity index (χ4v) is 4.64. The zero-order chi connectivity index (χ0) is 24.2. The van der Waals surface area contributed by atoms with Crippen LogP contribution in [0.15, 0.2) is 48.0 Å². The molecule has 2 aliphatic heterocycles. The van der Waals surface area contributed by atoms with E-state index in [1.807, 2.05) is 31.2 Å². The first-order valence-electron chi connectivity index (χ1n) is 11.8. The van der Waals surface area contributed by atoms with Crippen LogP contribution in [0, 0.1) is 6.92 Å². The van der Waals surface area contributed by atoms with Crippen molar-refractivity contribution in [3.8, 4) is 5.75 Å². The van der Waals surface area contributed by atoms with Crippen LogP contribution in [-0.2, 0) is 20.7 Å². The predicted octanol–water partition coefficient (Wildman–Crippen LogP) is 3.32. The van der Waals surface area contributed by atoms with Crippen molar-refractivity contribution in [2.75, 3.05) is 46.5 Å². The molecule has 180 valence electrons. The molecule has 2 aliphatic rings. The number of ether oxygens (including phenoxy) is 2. The fraction of sp³-hybridized carbons (Fsp3) is 0.407. The molecule has 0 saturated carbocycles. The minimum atomic E-state index is -0.653. The maximum absolute atomic E-state index is 13.3. The molecule has 2 aromatic carbocycles. The fourth-order valence-electron chi connectivity index (χ4n) is 4.64. The van der Waals surface area contributed by atoms with Gasteiger partial charge in [0.15, 0.2) is 0 Å². The Hall–Kier alpha value is -3.16. The molecule has 1 N–H and O–H groups in total. The van der Waals surface area contributed by atoms with Crippen molar-refractivity contribution in [2.24, 2.45) is 0 Å². The molecule has 7 nitrogen and oxygen atoms in total. The summed E-state index contributed by atoms with van der Waals surface area (Å²) in [5.74, 6) is -0.728. The molecule has 2 aromatic rings. The topological polar surface area (TPSA) is 79.3 Å². The summed E-state index contributed by atoms with van der Waals surface area (Å²) in [7, 11) is 1.58. The zero-order valence-corrected chi connectivity index (χ0v) is 20.0. The van der Waals surface area contributed by atoms with Crippen molar-refractivity contribution in [3.63, 3.8) is 0 Å². The van der Waals surface area contributed by atoms with Gasteiger partial charge in [0.05, 0.1) is 31.9 Å². The molecule has 0 unspecified atom stereocenters. The van der Waals surface area contributed by atoms with Gasteiger partial charge in [-0.1, -0.05) is 31.2 Å². The molecule has 1 atom stereocenters. The maximum Gasteiger partial charge on any atom is 0.295 e. The molecule has 2 heterocycles. The van der Waals surface area contributed by atoms with Gasteiger partial charge in [-0.3, -0.25) is 14.5 Å². The molecule has 4 rings (SSSR count). The van der Waals surface area contributed by atoms with Gasteiger partial charge in [-0.15, -0.1) is 0 Å². The Bertz CT molecular complexity index is 1090. The van der Waals surface area contributed by atoms with Gasteiger partial charge in [0, 0.05) is 31.7 Å². The number of likely N-dealkylation sites (tertiary alicyclic amines) is 1. The number of rotatable bonds is 7. The lowest BCUT2D eigenvalue weighted by atomic mass is 9.93. The number of aliphatic hydroxyl groups is 1. The lowest BCUT2D eigenvalue weighted by Gasteiger charge is -2.31. The van der Waals surface area contributed by atoms with Crippen LogP contribution >= 0.6 is 0 Å². The van der Waals surface area contributed by atoms with Crippen molar-refractivity contribution >= 4 is 17.4 Å². The second-order valence-corrected chi connectivity index (χ2v) is 8.72. The van der Waals surface area contributed by atoms with E-state index in [1.165, 1.54) is 5.56 Å². The van der Waals surface area contributed by atoms with E-state index in [1.54, 1.807) is 30.2 Å². The number of methoxy groups -OCH3 is 1.